The molecule has 10 heteroatoms. The highest BCUT2D eigenvalue weighted by atomic mass is 16.4. The molecule has 1 heterocycles. The number of benzene rings is 1. The van der Waals surface area contributed by atoms with Crippen LogP contribution in [0.4, 0.5) is 0 Å². The summed E-state index contributed by atoms with van der Waals surface area (Å²) in [6, 6.07) is 7.71. The van der Waals surface area contributed by atoms with E-state index in [1.165, 1.54) is 12.1 Å². The molecular weight excluding hydrogens is 362 g/mol. The third kappa shape index (κ3) is 3.99. The fourth-order valence-electron chi connectivity index (χ4n) is 2.74. The first kappa shape index (κ1) is 20.6. The summed E-state index contributed by atoms with van der Waals surface area (Å²) in [5.41, 5.74) is -1.63. The Morgan fingerprint density at radius 1 is 0.889 bits per heavy atom. The van der Waals surface area contributed by atoms with Gasteiger partial charge in [-0.3, -0.25) is 0 Å². The molecule has 0 radical (unpaired) electrons. The topological polar surface area (TPSA) is 192 Å². The number of hydrogen-bond acceptors (Lipinski definition) is 7. The van der Waals surface area contributed by atoms with Crippen molar-refractivity contribution in [2.75, 3.05) is 6.61 Å². The first-order valence-corrected chi connectivity index (χ1v) is 7.81. The van der Waals surface area contributed by atoms with Crippen LogP contribution >= 0.6 is 0 Å². The zero-order chi connectivity index (χ0) is 20.3. The molecule has 1 aromatic carbocycles. The molecule has 0 saturated heterocycles. The number of carbonyl (C=O) groups is 2. The zero-order valence-electron chi connectivity index (χ0n) is 13.9. The van der Waals surface area contributed by atoms with Crippen molar-refractivity contribution in [3.05, 3.63) is 47.3 Å². The summed E-state index contributed by atoms with van der Waals surface area (Å²) in [5.74, 6) is -3.10. The Balaban J connectivity index is 2.69. The van der Waals surface area contributed by atoms with E-state index in [1.807, 2.05) is 0 Å². The molecule has 27 heavy (non-hydrogen) atoms. The quantitative estimate of drug-likeness (QED) is 0.289. The van der Waals surface area contributed by atoms with Gasteiger partial charge in [0.15, 0.2) is 0 Å². The lowest BCUT2D eigenvalue weighted by Gasteiger charge is -2.26. The molecule has 0 fully saturated rings. The summed E-state index contributed by atoms with van der Waals surface area (Å²) in [5, 5.41) is 67.6. The molecule has 0 amide bonds. The minimum atomic E-state index is -2.11. The number of carboxylic acid groups (broad SMARTS) is 2. The van der Waals surface area contributed by atoms with Gasteiger partial charge >= 0.3 is 11.9 Å². The Morgan fingerprint density at radius 2 is 1.44 bits per heavy atom. The minimum absolute atomic E-state index is 0.183. The van der Waals surface area contributed by atoms with Crippen molar-refractivity contribution in [1.82, 2.24) is 4.98 Å². The Hall–Kier alpha value is -2.76. The van der Waals surface area contributed by atoms with Gasteiger partial charge in [0, 0.05) is 11.1 Å². The van der Waals surface area contributed by atoms with Gasteiger partial charge in [-0.1, -0.05) is 30.3 Å². The molecule has 0 saturated carbocycles. The highest BCUT2D eigenvalue weighted by Crippen LogP contribution is 2.37. The number of aromatic nitrogens is 1. The van der Waals surface area contributed by atoms with Gasteiger partial charge in [0.2, 0.25) is 0 Å². The molecule has 0 aliphatic rings. The van der Waals surface area contributed by atoms with Gasteiger partial charge in [0.05, 0.1) is 6.61 Å². The number of aromatic carboxylic acids is 2. The molecule has 4 atom stereocenters. The average Bonchev–Trinajstić information content (AvgIpc) is 3.07. The Labute approximate surface area is 152 Å². The maximum atomic E-state index is 11.6. The highest BCUT2D eigenvalue weighted by molar-refractivity contribution is 6.01. The second kappa shape index (κ2) is 8.29. The fourth-order valence-corrected chi connectivity index (χ4v) is 2.74. The van der Waals surface area contributed by atoms with Crippen molar-refractivity contribution in [3.8, 4) is 11.1 Å². The number of hydrogen-bond donors (Lipinski definition) is 8. The Kier molecular flexibility index (Phi) is 6.31. The van der Waals surface area contributed by atoms with Crippen molar-refractivity contribution in [2.24, 2.45) is 0 Å². The number of H-pyrrole nitrogens is 1. The lowest BCUT2D eigenvalue weighted by Crippen LogP contribution is -2.43. The molecule has 0 unspecified atom stereocenters. The second-order valence-corrected chi connectivity index (χ2v) is 5.82. The number of aromatic amines is 1. The molecule has 2 aromatic rings. The number of aliphatic hydroxyl groups is 5. The predicted molar refractivity (Wildman–Crippen MR) is 90.2 cm³/mol. The fraction of sp³-hybridized carbons (Fsp3) is 0.294. The number of rotatable bonds is 8. The van der Waals surface area contributed by atoms with E-state index in [-0.39, 0.29) is 11.1 Å². The zero-order valence-corrected chi connectivity index (χ0v) is 13.9. The normalized spacial score (nSPS) is 15.7. The number of nitrogens with one attached hydrogen (secondary N) is 1. The largest absolute Gasteiger partial charge is 0.477 e. The molecule has 1 aromatic heterocycles. The van der Waals surface area contributed by atoms with Gasteiger partial charge in [0.25, 0.3) is 0 Å². The van der Waals surface area contributed by atoms with E-state index in [0.717, 1.165) is 0 Å². The van der Waals surface area contributed by atoms with E-state index in [4.69, 9.17) is 5.11 Å². The molecule has 0 aliphatic carbocycles. The Bertz CT molecular complexity index is 817. The molecule has 0 spiro atoms. The van der Waals surface area contributed by atoms with Crippen LogP contribution in [0, 0.1) is 0 Å². The van der Waals surface area contributed by atoms with Gasteiger partial charge in [-0.25, -0.2) is 9.59 Å². The van der Waals surface area contributed by atoms with Crippen LogP contribution in [0.3, 0.4) is 0 Å². The molecule has 0 aliphatic heterocycles. The van der Waals surface area contributed by atoms with Gasteiger partial charge < -0.3 is 40.7 Å². The van der Waals surface area contributed by atoms with E-state index in [2.05, 4.69) is 4.98 Å². The standard InChI is InChI=1S/C17H19NO9/c19-6-8(20)13(21)15(23)14(22)10-9(7-4-2-1-3-5-7)11(16(24)25)18-12(10)17(26)27/h1-5,8,13-15,18-23H,6H2,(H,24,25)(H,26,27)/t8-,13-,14-,15-/m1/s1. The highest BCUT2D eigenvalue weighted by Gasteiger charge is 2.37. The van der Waals surface area contributed by atoms with Gasteiger partial charge in [0.1, 0.15) is 35.8 Å². The third-order valence-electron chi connectivity index (χ3n) is 4.08. The monoisotopic (exact) mass is 381 g/mol. The lowest BCUT2D eigenvalue weighted by atomic mass is 9.91. The molecule has 10 nitrogen and oxygen atoms in total. The van der Waals surface area contributed by atoms with Crippen LogP contribution in [0.25, 0.3) is 11.1 Å². The van der Waals surface area contributed by atoms with Crippen LogP contribution in [-0.2, 0) is 0 Å². The van der Waals surface area contributed by atoms with Crippen molar-refractivity contribution in [1.29, 1.82) is 0 Å². The summed E-state index contributed by atoms with van der Waals surface area (Å²) >= 11 is 0. The second-order valence-electron chi connectivity index (χ2n) is 5.82. The average molecular weight is 381 g/mol. The van der Waals surface area contributed by atoms with Crippen LogP contribution in [0.2, 0.25) is 0 Å². The van der Waals surface area contributed by atoms with Gasteiger partial charge in [-0.05, 0) is 5.56 Å². The van der Waals surface area contributed by atoms with Gasteiger partial charge in [-0.2, -0.15) is 0 Å². The van der Waals surface area contributed by atoms with Gasteiger partial charge in [-0.15, -0.1) is 0 Å². The summed E-state index contributed by atoms with van der Waals surface area (Å²) in [7, 11) is 0. The van der Waals surface area contributed by atoms with Crippen LogP contribution in [0.1, 0.15) is 32.6 Å². The number of carboxylic acids is 2. The smallest absolute Gasteiger partial charge is 0.352 e. The maximum absolute atomic E-state index is 11.6. The lowest BCUT2D eigenvalue weighted by molar-refractivity contribution is -0.116. The Morgan fingerprint density at radius 3 is 1.93 bits per heavy atom. The van der Waals surface area contributed by atoms with E-state index >= 15 is 0 Å². The van der Waals surface area contributed by atoms with E-state index < -0.39 is 59.9 Å². The van der Waals surface area contributed by atoms with Crippen LogP contribution in [0.15, 0.2) is 30.3 Å². The minimum Gasteiger partial charge on any atom is -0.477 e. The first-order valence-electron chi connectivity index (χ1n) is 7.81. The van der Waals surface area contributed by atoms with Crippen molar-refractivity contribution < 1.29 is 45.3 Å². The van der Waals surface area contributed by atoms with E-state index in [0.29, 0.717) is 0 Å². The van der Waals surface area contributed by atoms with E-state index in [9.17, 15) is 40.2 Å². The molecule has 8 N–H and O–H groups in total. The molecular formula is C17H19NO9. The molecule has 0 bridgehead atoms. The van der Waals surface area contributed by atoms with E-state index in [1.54, 1.807) is 18.2 Å². The summed E-state index contributed by atoms with van der Waals surface area (Å²) in [4.78, 5) is 25.3. The summed E-state index contributed by atoms with van der Waals surface area (Å²) in [6.07, 6.45) is -8.00. The number of aliphatic hydroxyl groups excluding tert-OH is 5. The molecule has 2 rings (SSSR count). The van der Waals surface area contributed by atoms with Crippen molar-refractivity contribution >= 4 is 11.9 Å². The van der Waals surface area contributed by atoms with Crippen molar-refractivity contribution in [2.45, 2.75) is 24.4 Å². The summed E-state index contributed by atoms with van der Waals surface area (Å²) < 4.78 is 0. The first-order chi connectivity index (χ1) is 12.7. The predicted octanol–water partition coefficient (Wildman–Crippen LogP) is -0.813. The van der Waals surface area contributed by atoms with Crippen molar-refractivity contribution in [3.63, 3.8) is 0 Å². The van der Waals surface area contributed by atoms with Crippen LogP contribution in [0.5, 0.6) is 0 Å². The maximum Gasteiger partial charge on any atom is 0.352 e. The molecule has 146 valence electrons. The SMILES string of the molecule is O=C(O)c1[nH]c(C(=O)O)c([C@@H](O)[C@H](O)[C@H](O)[C@H](O)CO)c1-c1ccccc1. The summed E-state index contributed by atoms with van der Waals surface area (Å²) in [6.45, 7) is -0.921. The van der Waals surface area contributed by atoms with Crippen LogP contribution in [-0.4, -0.2) is 77.6 Å². The van der Waals surface area contributed by atoms with Crippen LogP contribution < -0.4 is 0 Å². The third-order valence-corrected chi connectivity index (χ3v) is 4.08.